The fraction of sp³-hybridized carbons (Fsp3) is 0.541. The van der Waals surface area contributed by atoms with Crippen molar-refractivity contribution in [2.75, 3.05) is 20.1 Å². The first-order valence-corrected chi connectivity index (χ1v) is 17.1. The van der Waals surface area contributed by atoms with Gasteiger partial charge in [-0.2, -0.15) is 0 Å². The zero-order valence-electron chi connectivity index (χ0n) is 29.6. The van der Waals surface area contributed by atoms with E-state index in [0.29, 0.717) is 6.42 Å². The molecule has 0 saturated carbocycles. The number of ether oxygens (including phenoxy) is 1. The van der Waals surface area contributed by atoms with Gasteiger partial charge in [0.15, 0.2) is 0 Å². The summed E-state index contributed by atoms with van der Waals surface area (Å²) < 4.78 is 5.42. The van der Waals surface area contributed by atoms with Crippen LogP contribution in [0.3, 0.4) is 0 Å². The maximum atomic E-state index is 14.5. The lowest BCUT2D eigenvalue weighted by Gasteiger charge is -2.47. The fourth-order valence-corrected chi connectivity index (χ4v) is 6.57. The predicted octanol–water partition coefficient (Wildman–Crippen LogP) is 4.38. The Balaban J connectivity index is 1.66. The Hall–Kier alpha value is -4.61. The van der Waals surface area contributed by atoms with E-state index in [4.69, 9.17) is 4.74 Å². The number of amides is 5. The summed E-state index contributed by atoms with van der Waals surface area (Å²) in [5.74, 6) is -1.91. The Morgan fingerprint density at radius 3 is 2.22 bits per heavy atom. The molecule has 2 aromatic carbocycles. The van der Waals surface area contributed by atoms with Crippen molar-refractivity contribution in [3.63, 3.8) is 0 Å². The van der Waals surface area contributed by atoms with Crippen molar-refractivity contribution in [2.45, 2.75) is 103 Å². The Labute approximate surface area is 289 Å². The van der Waals surface area contributed by atoms with Crippen LogP contribution in [-0.4, -0.2) is 99.6 Å². The van der Waals surface area contributed by atoms with Crippen molar-refractivity contribution < 1.29 is 33.8 Å². The van der Waals surface area contributed by atoms with Crippen LogP contribution >= 0.6 is 0 Å². The van der Waals surface area contributed by atoms with Crippen molar-refractivity contribution in [1.29, 1.82) is 0 Å². The molecule has 0 aromatic heterocycles. The number of carboxylic acid groups (broad SMARTS) is 1. The Kier molecular flexibility index (Phi) is 12.0. The van der Waals surface area contributed by atoms with E-state index in [0.717, 1.165) is 29.5 Å². The van der Waals surface area contributed by atoms with Crippen LogP contribution in [0.2, 0.25) is 0 Å². The summed E-state index contributed by atoms with van der Waals surface area (Å²) in [6.45, 7) is 10.2. The molecule has 0 bridgehead atoms. The highest BCUT2D eigenvalue weighted by molar-refractivity contribution is 5.95. The number of hydrogen-bond donors (Lipinski definition) is 3. The number of carbonyl (C=O) groups excluding carboxylic acids is 4. The van der Waals surface area contributed by atoms with Gasteiger partial charge >= 0.3 is 12.2 Å². The van der Waals surface area contributed by atoms with E-state index in [1.165, 1.54) is 21.7 Å². The Bertz CT molecular complexity index is 1510. The van der Waals surface area contributed by atoms with Gasteiger partial charge in [-0.15, -0.1) is 0 Å². The summed E-state index contributed by atoms with van der Waals surface area (Å²) in [4.78, 5) is 71.7. The van der Waals surface area contributed by atoms with Gasteiger partial charge in [-0.3, -0.25) is 19.3 Å². The van der Waals surface area contributed by atoms with Crippen LogP contribution < -0.4 is 10.6 Å². The molecule has 12 heteroatoms. The summed E-state index contributed by atoms with van der Waals surface area (Å²) in [6, 6.07) is 12.8. The van der Waals surface area contributed by atoms with Gasteiger partial charge in [-0.05, 0) is 76.0 Å². The molecule has 266 valence electrons. The van der Waals surface area contributed by atoms with Crippen molar-refractivity contribution in [2.24, 2.45) is 5.92 Å². The van der Waals surface area contributed by atoms with E-state index in [-0.39, 0.29) is 25.6 Å². The molecule has 2 aromatic rings. The Morgan fingerprint density at radius 1 is 0.959 bits per heavy atom. The number of nitrogens with one attached hydrogen (secondary N) is 2. The number of rotatable bonds is 9. The van der Waals surface area contributed by atoms with E-state index in [1.54, 1.807) is 41.5 Å². The molecule has 0 spiro atoms. The first-order chi connectivity index (χ1) is 23.1. The summed E-state index contributed by atoms with van der Waals surface area (Å²) >= 11 is 0. The average Bonchev–Trinajstić information content (AvgIpc) is 3.05. The second kappa shape index (κ2) is 15.7. The molecule has 5 atom stereocenters. The Morgan fingerprint density at radius 2 is 1.59 bits per heavy atom. The van der Waals surface area contributed by atoms with Crippen LogP contribution in [0.1, 0.15) is 77.1 Å². The van der Waals surface area contributed by atoms with E-state index in [1.807, 2.05) is 54.6 Å². The van der Waals surface area contributed by atoms with E-state index in [2.05, 4.69) is 10.6 Å². The minimum atomic E-state index is -1.18. The standard InChI is InChI=1S/C37H51N5O7/c1-23(2)30(39-32(43)24(3)40(7)36(48)49-37(4,5)6)34(45)42-21-20-41(35(46)47)29(22-25-14-9-8-10-15-25)31(42)33(44)38-28-19-13-17-26-16-11-12-18-27(26)28/h8-12,14-16,18,23-24,28-31H,13,17,19-22H2,1-7H3,(H,38,44)(H,39,43)(H,46,47)/t24-,28+,29?,30-,31-/m0/s1. The molecule has 3 N–H and O–H groups in total. The molecule has 4 rings (SSSR count). The molecule has 49 heavy (non-hydrogen) atoms. The molecule has 1 fully saturated rings. The van der Waals surface area contributed by atoms with Crippen molar-refractivity contribution in [1.82, 2.24) is 25.3 Å². The first-order valence-electron chi connectivity index (χ1n) is 17.1. The van der Waals surface area contributed by atoms with Crippen molar-refractivity contribution in [3.8, 4) is 0 Å². The second-order valence-electron chi connectivity index (χ2n) is 14.4. The van der Waals surface area contributed by atoms with Crippen LogP contribution in [0.25, 0.3) is 0 Å². The smallest absolute Gasteiger partial charge is 0.410 e. The zero-order chi connectivity index (χ0) is 36.0. The van der Waals surface area contributed by atoms with E-state index in [9.17, 15) is 29.1 Å². The number of fused-ring (bicyclic) bond motifs is 1. The lowest BCUT2D eigenvalue weighted by molar-refractivity contribution is -0.150. The number of likely N-dealkylation sites (N-methyl/N-ethyl adjacent to an activating group) is 1. The van der Waals surface area contributed by atoms with E-state index >= 15 is 0 Å². The van der Waals surface area contributed by atoms with Crippen LogP contribution in [0.5, 0.6) is 0 Å². The van der Waals surface area contributed by atoms with Gasteiger partial charge in [-0.1, -0.05) is 68.4 Å². The molecule has 2 aliphatic rings. The highest BCUT2D eigenvalue weighted by Gasteiger charge is 2.47. The van der Waals surface area contributed by atoms with Crippen LogP contribution in [0.15, 0.2) is 54.6 Å². The molecule has 5 amide bonds. The molecule has 1 aliphatic carbocycles. The zero-order valence-corrected chi connectivity index (χ0v) is 29.6. The van der Waals surface area contributed by atoms with Gasteiger partial charge in [-0.25, -0.2) is 9.59 Å². The molecule has 0 radical (unpaired) electrons. The topological polar surface area (TPSA) is 149 Å². The van der Waals surface area contributed by atoms with Crippen LogP contribution in [-0.2, 0) is 32.0 Å². The predicted molar refractivity (Wildman–Crippen MR) is 185 cm³/mol. The largest absolute Gasteiger partial charge is 0.465 e. The summed E-state index contributed by atoms with van der Waals surface area (Å²) in [6.07, 6.45) is 0.827. The maximum Gasteiger partial charge on any atom is 0.410 e. The summed E-state index contributed by atoms with van der Waals surface area (Å²) in [5.41, 5.74) is 2.22. The monoisotopic (exact) mass is 677 g/mol. The number of hydrogen-bond acceptors (Lipinski definition) is 6. The molecule has 1 aliphatic heterocycles. The molecule has 1 unspecified atom stereocenters. The van der Waals surface area contributed by atoms with Gasteiger partial charge < -0.3 is 30.3 Å². The van der Waals surface area contributed by atoms with E-state index < -0.39 is 65.6 Å². The molecule has 12 nitrogen and oxygen atoms in total. The summed E-state index contributed by atoms with van der Waals surface area (Å²) in [7, 11) is 1.45. The third kappa shape index (κ3) is 9.10. The lowest BCUT2D eigenvalue weighted by atomic mass is 9.87. The van der Waals surface area contributed by atoms with Gasteiger partial charge in [0.25, 0.3) is 0 Å². The summed E-state index contributed by atoms with van der Waals surface area (Å²) in [5, 5.41) is 16.3. The third-order valence-corrected chi connectivity index (χ3v) is 9.33. The highest BCUT2D eigenvalue weighted by atomic mass is 16.6. The molecular formula is C37H51N5O7. The van der Waals surface area contributed by atoms with Crippen LogP contribution in [0, 0.1) is 5.92 Å². The highest BCUT2D eigenvalue weighted by Crippen LogP contribution is 2.31. The average molecular weight is 678 g/mol. The van der Waals surface area contributed by atoms with Gasteiger partial charge in [0.2, 0.25) is 17.7 Å². The number of carbonyl (C=O) groups is 5. The fourth-order valence-electron chi connectivity index (χ4n) is 6.57. The molecule has 1 heterocycles. The third-order valence-electron chi connectivity index (χ3n) is 9.33. The van der Waals surface area contributed by atoms with Crippen molar-refractivity contribution in [3.05, 3.63) is 71.3 Å². The van der Waals surface area contributed by atoms with Crippen LogP contribution in [0.4, 0.5) is 9.59 Å². The molecule has 1 saturated heterocycles. The minimum absolute atomic E-state index is 0.00877. The SMILES string of the molecule is CC(C)[C@H](NC(=O)[C@H](C)N(C)C(=O)OC(C)(C)C)C(=O)N1CCN(C(=O)O)C(Cc2ccccc2)[C@H]1C(=O)N[C@@H]1CCCc2ccccc21. The lowest BCUT2D eigenvalue weighted by Crippen LogP contribution is -2.69. The number of aryl methyl sites for hydroxylation is 1. The normalized spacial score (nSPS) is 20.4. The maximum absolute atomic E-state index is 14.5. The van der Waals surface area contributed by atoms with Crippen molar-refractivity contribution >= 4 is 29.9 Å². The quantitative estimate of drug-likeness (QED) is 0.357. The number of piperazine rings is 1. The number of benzene rings is 2. The molecular weight excluding hydrogens is 626 g/mol. The van der Waals surface area contributed by atoms with Gasteiger partial charge in [0.05, 0.1) is 12.1 Å². The van der Waals surface area contributed by atoms with Gasteiger partial charge in [0, 0.05) is 20.1 Å². The number of nitrogens with zero attached hydrogens (tertiary/aromatic N) is 3. The second-order valence-corrected chi connectivity index (χ2v) is 14.4. The minimum Gasteiger partial charge on any atom is -0.465 e. The van der Waals surface area contributed by atoms with Gasteiger partial charge in [0.1, 0.15) is 23.7 Å². The first kappa shape index (κ1) is 37.2.